The van der Waals surface area contributed by atoms with Crippen LogP contribution in [0.5, 0.6) is 0 Å². The summed E-state index contributed by atoms with van der Waals surface area (Å²) >= 11 is 12.3. The van der Waals surface area contributed by atoms with Gasteiger partial charge < -0.3 is 0 Å². The fourth-order valence-corrected chi connectivity index (χ4v) is 3.24. The van der Waals surface area contributed by atoms with Crippen molar-refractivity contribution < 1.29 is 4.79 Å². The molecular formula is C19H18Cl2N8O. The number of aromatic nitrogens is 7. The van der Waals surface area contributed by atoms with Crippen LogP contribution in [0.3, 0.4) is 0 Å². The van der Waals surface area contributed by atoms with E-state index in [4.69, 9.17) is 23.2 Å². The third-order valence-electron chi connectivity index (χ3n) is 4.50. The Labute approximate surface area is 182 Å². The van der Waals surface area contributed by atoms with Crippen molar-refractivity contribution in [1.82, 2.24) is 34.3 Å². The highest BCUT2D eigenvalue weighted by Gasteiger charge is 2.14. The average Bonchev–Trinajstić information content (AvgIpc) is 3.42. The second-order valence-corrected chi connectivity index (χ2v) is 7.46. The molecule has 1 amide bonds. The fourth-order valence-electron chi connectivity index (χ4n) is 2.91. The number of hydrogen-bond donors (Lipinski definition) is 1. The van der Waals surface area contributed by atoms with E-state index in [9.17, 15) is 4.79 Å². The Bertz CT molecular complexity index is 1210. The van der Waals surface area contributed by atoms with Crippen LogP contribution in [-0.2, 0) is 13.2 Å². The van der Waals surface area contributed by atoms with E-state index in [2.05, 4.69) is 25.6 Å². The smallest absolute Gasteiger partial charge is 0.278 e. The molecule has 0 saturated carbocycles. The largest absolute Gasteiger partial charge is 0.288 e. The van der Waals surface area contributed by atoms with Crippen LogP contribution in [0.2, 0.25) is 10.0 Å². The van der Waals surface area contributed by atoms with Gasteiger partial charge in [0, 0.05) is 11.2 Å². The number of nitrogens with zero attached hydrogens (tertiary/aromatic N) is 7. The highest BCUT2D eigenvalue weighted by atomic mass is 35.5. The van der Waals surface area contributed by atoms with Gasteiger partial charge in [0.15, 0.2) is 5.69 Å². The van der Waals surface area contributed by atoms with Gasteiger partial charge in [0.05, 0.1) is 23.0 Å². The Balaban J connectivity index is 1.41. The van der Waals surface area contributed by atoms with Crippen LogP contribution in [0.15, 0.2) is 42.9 Å². The van der Waals surface area contributed by atoms with Gasteiger partial charge in [0.25, 0.3) is 5.91 Å². The van der Waals surface area contributed by atoms with E-state index in [0.717, 1.165) is 17.0 Å². The summed E-state index contributed by atoms with van der Waals surface area (Å²) in [5, 5.41) is 16.8. The number of rotatable bonds is 6. The third-order valence-corrected chi connectivity index (χ3v) is 5.41. The molecule has 1 N–H and O–H groups in total. The van der Waals surface area contributed by atoms with Crippen molar-refractivity contribution in [3.05, 3.63) is 75.5 Å². The topological polar surface area (TPSA) is 95.5 Å². The molecule has 11 heteroatoms. The normalized spacial score (nSPS) is 11.1. The molecule has 0 bridgehead atoms. The van der Waals surface area contributed by atoms with Gasteiger partial charge >= 0.3 is 0 Å². The van der Waals surface area contributed by atoms with Crippen LogP contribution in [0.4, 0.5) is 5.95 Å². The lowest BCUT2D eigenvalue weighted by atomic mass is 10.2. The van der Waals surface area contributed by atoms with Crippen LogP contribution in [0.25, 0.3) is 0 Å². The number of anilines is 1. The first-order valence-electron chi connectivity index (χ1n) is 9.08. The van der Waals surface area contributed by atoms with Crippen molar-refractivity contribution in [3.8, 4) is 0 Å². The lowest BCUT2D eigenvalue weighted by molar-refractivity contribution is 0.102. The molecule has 0 atom stereocenters. The number of carbonyl (C=O) groups is 1. The van der Waals surface area contributed by atoms with Crippen molar-refractivity contribution in [2.24, 2.45) is 0 Å². The van der Waals surface area contributed by atoms with Crippen LogP contribution >= 0.6 is 23.2 Å². The monoisotopic (exact) mass is 444 g/mol. The maximum Gasteiger partial charge on any atom is 0.278 e. The Hall–Kier alpha value is -3.17. The van der Waals surface area contributed by atoms with Crippen molar-refractivity contribution in [2.75, 3.05) is 5.32 Å². The second-order valence-electron chi connectivity index (χ2n) is 6.68. The lowest BCUT2D eigenvalue weighted by Crippen LogP contribution is -2.16. The van der Waals surface area contributed by atoms with E-state index in [1.165, 1.54) is 6.33 Å². The first kappa shape index (κ1) is 20.1. The summed E-state index contributed by atoms with van der Waals surface area (Å²) in [4.78, 5) is 16.6. The molecule has 154 valence electrons. The van der Waals surface area contributed by atoms with Gasteiger partial charge in [0.1, 0.15) is 13.0 Å². The molecule has 0 unspecified atom stereocenters. The van der Waals surface area contributed by atoms with Crippen molar-refractivity contribution in [1.29, 1.82) is 0 Å². The van der Waals surface area contributed by atoms with Crippen molar-refractivity contribution >= 4 is 35.1 Å². The molecule has 0 spiro atoms. The Morgan fingerprint density at radius 3 is 2.60 bits per heavy atom. The minimum atomic E-state index is -0.407. The van der Waals surface area contributed by atoms with Gasteiger partial charge in [-0.2, -0.15) is 10.2 Å². The summed E-state index contributed by atoms with van der Waals surface area (Å²) in [5.41, 5.74) is 2.73. The van der Waals surface area contributed by atoms with Crippen molar-refractivity contribution in [3.63, 3.8) is 0 Å². The Morgan fingerprint density at radius 1 is 1.07 bits per heavy atom. The van der Waals surface area contributed by atoms with Crippen LogP contribution < -0.4 is 5.32 Å². The highest BCUT2D eigenvalue weighted by Crippen LogP contribution is 2.19. The Morgan fingerprint density at radius 2 is 1.87 bits per heavy atom. The summed E-state index contributed by atoms with van der Waals surface area (Å²) in [5.74, 6) is -0.220. The van der Waals surface area contributed by atoms with Gasteiger partial charge in [-0.3, -0.25) is 14.8 Å². The summed E-state index contributed by atoms with van der Waals surface area (Å²) < 4.78 is 4.93. The summed E-state index contributed by atoms with van der Waals surface area (Å²) in [7, 11) is 0. The second kappa shape index (κ2) is 8.29. The zero-order valence-electron chi connectivity index (χ0n) is 16.3. The molecule has 3 heterocycles. The van der Waals surface area contributed by atoms with Crippen molar-refractivity contribution in [2.45, 2.75) is 27.1 Å². The number of nitrogens with one attached hydrogen (secondary N) is 1. The molecular weight excluding hydrogens is 427 g/mol. The predicted molar refractivity (Wildman–Crippen MR) is 113 cm³/mol. The van der Waals surface area contributed by atoms with Gasteiger partial charge in [-0.15, -0.1) is 5.10 Å². The van der Waals surface area contributed by atoms with E-state index in [0.29, 0.717) is 23.3 Å². The minimum absolute atomic E-state index is 0.187. The standard InChI is InChI=1S/C19H18Cl2N8O/c1-12-17(21)13(2)29(24-12)11-27-8-7-16(25-27)18(30)23-19-22-10-28(26-19)9-14-5-3-4-6-15(14)20/h3-8,10H,9,11H2,1-2H3,(H,23,26,30). The van der Waals surface area contributed by atoms with Crippen LogP contribution in [0.1, 0.15) is 27.4 Å². The van der Waals surface area contributed by atoms with Gasteiger partial charge in [-0.05, 0) is 31.5 Å². The zero-order valence-corrected chi connectivity index (χ0v) is 17.8. The van der Waals surface area contributed by atoms with E-state index in [1.807, 2.05) is 38.1 Å². The highest BCUT2D eigenvalue weighted by molar-refractivity contribution is 6.32. The van der Waals surface area contributed by atoms with Crippen LogP contribution in [-0.4, -0.2) is 40.2 Å². The van der Waals surface area contributed by atoms with Gasteiger partial charge in [-0.25, -0.2) is 14.3 Å². The van der Waals surface area contributed by atoms with Gasteiger partial charge in [-0.1, -0.05) is 41.4 Å². The predicted octanol–water partition coefficient (Wildman–Crippen LogP) is 3.40. The van der Waals surface area contributed by atoms with Crippen LogP contribution in [0, 0.1) is 13.8 Å². The van der Waals surface area contributed by atoms with E-state index in [-0.39, 0.29) is 11.6 Å². The maximum absolute atomic E-state index is 12.5. The molecule has 9 nitrogen and oxygen atoms in total. The molecule has 0 saturated heterocycles. The molecule has 0 fully saturated rings. The number of hydrogen-bond acceptors (Lipinski definition) is 5. The van der Waals surface area contributed by atoms with E-state index in [1.54, 1.807) is 26.3 Å². The molecule has 3 aromatic heterocycles. The molecule has 0 aliphatic rings. The molecule has 0 aliphatic carbocycles. The molecule has 4 rings (SSSR count). The number of carbonyl (C=O) groups excluding carboxylic acids is 1. The summed E-state index contributed by atoms with van der Waals surface area (Å²) in [6.45, 7) is 4.51. The molecule has 0 radical (unpaired) electrons. The average molecular weight is 445 g/mol. The molecule has 30 heavy (non-hydrogen) atoms. The minimum Gasteiger partial charge on any atom is -0.288 e. The van der Waals surface area contributed by atoms with E-state index < -0.39 is 5.91 Å². The fraction of sp³-hybridized carbons (Fsp3) is 0.211. The number of benzene rings is 1. The number of aryl methyl sites for hydroxylation is 1. The molecule has 1 aromatic carbocycles. The molecule has 0 aliphatic heterocycles. The van der Waals surface area contributed by atoms with E-state index >= 15 is 0 Å². The lowest BCUT2D eigenvalue weighted by Gasteiger charge is -2.04. The maximum atomic E-state index is 12.5. The first-order valence-corrected chi connectivity index (χ1v) is 9.83. The first-order chi connectivity index (χ1) is 14.4. The number of halogens is 2. The summed E-state index contributed by atoms with van der Waals surface area (Å²) in [6, 6.07) is 9.10. The SMILES string of the molecule is Cc1nn(Cn2ccc(C(=O)Nc3ncn(Cc4ccccc4Cl)n3)n2)c(C)c1Cl. The third kappa shape index (κ3) is 4.22. The van der Waals surface area contributed by atoms with Gasteiger partial charge in [0.2, 0.25) is 5.95 Å². The Kier molecular flexibility index (Phi) is 5.56. The quantitative estimate of drug-likeness (QED) is 0.491. The molecule has 4 aromatic rings. The summed E-state index contributed by atoms with van der Waals surface area (Å²) in [6.07, 6.45) is 3.23. The number of amides is 1. The zero-order chi connectivity index (χ0) is 21.3.